The third-order valence-corrected chi connectivity index (χ3v) is 9.29. The van der Waals surface area contributed by atoms with Gasteiger partial charge < -0.3 is 13.9 Å². The fourth-order valence-electron chi connectivity index (χ4n) is 2.04. The van der Waals surface area contributed by atoms with Gasteiger partial charge in [0.05, 0.1) is 26.9 Å². The lowest BCUT2D eigenvalue weighted by Crippen LogP contribution is -2.40. The summed E-state index contributed by atoms with van der Waals surface area (Å²) in [6, 6.07) is 6.46. The Bertz CT molecular complexity index is 487. The van der Waals surface area contributed by atoms with Gasteiger partial charge in [-0.1, -0.05) is 32.9 Å². The van der Waals surface area contributed by atoms with Crippen molar-refractivity contribution < 1.29 is 13.9 Å². The van der Waals surface area contributed by atoms with E-state index in [1.165, 1.54) is 5.56 Å². The zero-order valence-electron chi connectivity index (χ0n) is 14.2. The average Bonchev–Trinajstić information content (AvgIpc) is 2.33. The Balaban J connectivity index is 2.09. The lowest BCUT2D eigenvalue weighted by molar-refractivity contribution is 0.00834. The summed E-state index contributed by atoms with van der Waals surface area (Å²) in [5.41, 5.74) is 2.43. The molecule has 1 aromatic rings. The number of methoxy groups -OCH3 is 1. The first kappa shape index (κ1) is 16.5. The molecule has 1 heterocycles. The third kappa shape index (κ3) is 3.68. The van der Waals surface area contributed by atoms with Crippen molar-refractivity contribution in [2.45, 2.75) is 51.4 Å². The van der Waals surface area contributed by atoms with Gasteiger partial charge in [-0.2, -0.15) is 0 Å². The fraction of sp³-hybridized carbons (Fsp3) is 0.647. The molecule has 0 amide bonds. The summed E-state index contributed by atoms with van der Waals surface area (Å²) < 4.78 is 17.1. The Morgan fingerprint density at radius 2 is 1.90 bits per heavy atom. The summed E-state index contributed by atoms with van der Waals surface area (Å²) in [6.07, 6.45) is 0. The molecular weight excluding hydrogens is 280 g/mol. The molecule has 0 bridgehead atoms. The summed E-state index contributed by atoms with van der Waals surface area (Å²) in [4.78, 5) is 0. The van der Waals surface area contributed by atoms with Crippen molar-refractivity contribution >= 4 is 8.32 Å². The predicted octanol–water partition coefficient (Wildman–Crippen LogP) is 4.33. The second-order valence-corrected chi connectivity index (χ2v) is 12.2. The number of ether oxygens (including phenoxy) is 2. The topological polar surface area (TPSA) is 27.7 Å². The number of hydrogen-bond acceptors (Lipinski definition) is 3. The zero-order valence-corrected chi connectivity index (χ0v) is 15.2. The van der Waals surface area contributed by atoms with Crippen LogP contribution in [0.15, 0.2) is 18.2 Å². The fourth-order valence-corrected chi connectivity index (χ4v) is 2.99. The molecule has 118 valence electrons. The molecule has 0 saturated carbocycles. The van der Waals surface area contributed by atoms with E-state index >= 15 is 0 Å². The number of benzene rings is 1. The van der Waals surface area contributed by atoms with Crippen LogP contribution in [0, 0.1) is 0 Å². The van der Waals surface area contributed by atoms with Gasteiger partial charge in [0.2, 0.25) is 0 Å². The van der Waals surface area contributed by atoms with Crippen LogP contribution in [0.5, 0.6) is 5.75 Å². The minimum atomic E-state index is -1.73. The van der Waals surface area contributed by atoms with Gasteiger partial charge >= 0.3 is 0 Å². The van der Waals surface area contributed by atoms with Gasteiger partial charge in [-0.25, -0.2) is 0 Å². The Hall–Kier alpha value is -0.843. The monoisotopic (exact) mass is 308 g/mol. The van der Waals surface area contributed by atoms with Crippen LogP contribution >= 0.6 is 0 Å². The van der Waals surface area contributed by atoms with E-state index in [2.05, 4.69) is 52.1 Å². The van der Waals surface area contributed by atoms with Crippen LogP contribution in [0.4, 0.5) is 0 Å². The normalized spacial score (nSPS) is 16.7. The highest BCUT2D eigenvalue weighted by molar-refractivity contribution is 6.74. The first-order valence-corrected chi connectivity index (χ1v) is 10.5. The van der Waals surface area contributed by atoms with Crippen LogP contribution in [-0.4, -0.2) is 28.6 Å². The molecular formula is C17H28O3Si. The molecule has 1 aromatic carbocycles. The second kappa shape index (κ2) is 6.11. The highest BCUT2D eigenvalue weighted by Crippen LogP contribution is 2.38. The molecule has 1 fully saturated rings. The van der Waals surface area contributed by atoms with E-state index in [0.717, 1.165) is 24.5 Å². The lowest BCUT2D eigenvalue weighted by Gasteiger charge is -2.36. The molecule has 0 aliphatic carbocycles. The van der Waals surface area contributed by atoms with Gasteiger partial charge in [-0.05, 0) is 29.8 Å². The van der Waals surface area contributed by atoms with Crippen molar-refractivity contribution in [3.05, 3.63) is 29.3 Å². The van der Waals surface area contributed by atoms with Crippen molar-refractivity contribution in [2.24, 2.45) is 0 Å². The smallest absolute Gasteiger partial charge is 0.192 e. The van der Waals surface area contributed by atoms with Crippen molar-refractivity contribution in [3.63, 3.8) is 0 Å². The molecule has 0 atom stereocenters. The van der Waals surface area contributed by atoms with Crippen LogP contribution in [0.1, 0.15) is 37.8 Å². The van der Waals surface area contributed by atoms with Gasteiger partial charge in [0, 0.05) is 11.5 Å². The minimum absolute atomic E-state index is 0.226. The summed E-state index contributed by atoms with van der Waals surface area (Å²) in [5.74, 6) is 1.45. The number of rotatable bonds is 5. The number of hydrogen-bond donors (Lipinski definition) is 0. The second-order valence-electron chi connectivity index (χ2n) is 7.35. The molecule has 0 radical (unpaired) electrons. The van der Waals surface area contributed by atoms with Gasteiger partial charge in [0.15, 0.2) is 8.32 Å². The lowest BCUT2D eigenvalue weighted by atomic mass is 9.96. The average molecular weight is 308 g/mol. The Morgan fingerprint density at radius 3 is 2.38 bits per heavy atom. The van der Waals surface area contributed by atoms with Crippen LogP contribution in [-0.2, 0) is 15.8 Å². The van der Waals surface area contributed by atoms with Crippen LogP contribution in [0.2, 0.25) is 18.1 Å². The molecule has 0 unspecified atom stereocenters. The van der Waals surface area contributed by atoms with Crippen molar-refractivity contribution in [1.82, 2.24) is 0 Å². The molecule has 0 aromatic heterocycles. The SMILES string of the molecule is COc1cc(C2COC2)ccc1CO[Si](C)(C)C(C)(C)C. The molecule has 1 aliphatic rings. The van der Waals surface area contributed by atoms with E-state index in [9.17, 15) is 0 Å². The van der Waals surface area contributed by atoms with Crippen LogP contribution in [0.25, 0.3) is 0 Å². The van der Waals surface area contributed by atoms with E-state index in [1.54, 1.807) is 7.11 Å². The van der Waals surface area contributed by atoms with Gasteiger partial charge in [0.25, 0.3) is 0 Å². The minimum Gasteiger partial charge on any atom is -0.496 e. The zero-order chi connectivity index (χ0) is 15.7. The molecule has 0 spiro atoms. The highest BCUT2D eigenvalue weighted by atomic mass is 28.4. The first-order valence-electron chi connectivity index (χ1n) is 7.63. The van der Waals surface area contributed by atoms with E-state index in [4.69, 9.17) is 13.9 Å². The van der Waals surface area contributed by atoms with Crippen molar-refractivity contribution in [3.8, 4) is 5.75 Å². The molecule has 2 rings (SSSR count). The maximum atomic E-state index is 6.30. The van der Waals surface area contributed by atoms with Crippen molar-refractivity contribution in [2.75, 3.05) is 20.3 Å². The largest absolute Gasteiger partial charge is 0.496 e. The predicted molar refractivity (Wildman–Crippen MR) is 88.5 cm³/mol. The van der Waals surface area contributed by atoms with E-state index < -0.39 is 8.32 Å². The summed E-state index contributed by atoms with van der Waals surface area (Å²) in [7, 11) is -0.00167. The standard InChI is InChI=1S/C17H28O3Si/c1-17(2,3)21(5,6)20-12-14-8-7-13(9-16(14)18-4)15-10-19-11-15/h7-9,15H,10-12H2,1-6H3. The van der Waals surface area contributed by atoms with Crippen LogP contribution < -0.4 is 4.74 Å². The van der Waals surface area contributed by atoms with Crippen LogP contribution in [0.3, 0.4) is 0 Å². The highest BCUT2D eigenvalue weighted by Gasteiger charge is 2.37. The molecule has 4 heteroatoms. The third-order valence-electron chi connectivity index (χ3n) is 4.82. The molecule has 1 saturated heterocycles. The maximum Gasteiger partial charge on any atom is 0.192 e. The van der Waals surface area contributed by atoms with Gasteiger partial charge in [-0.3, -0.25) is 0 Å². The van der Waals surface area contributed by atoms with E-state index in [0.29, 0.717) is 12.5 Å². The molecule has 3 nitrogen and oxygen atoms in total. The van der Waals surface area contributed by atoms with Crippen molar-refractivity contribution in [1.29, 1.82) is 0 Å². The quantitative estimate of drug-likeness (QED) is 0.758. The maximum absolute atomic E-state index is 6.30. The Labute approximate surface area is 129 Å². The molecule has 1 aliphatic heterocycles. The summed E-state index contributed by atoms with van der Waals surface area (Å²) in [5, 5.41) is 0.226. The summed E-state index contributed by atoms with van der Waals surface area (Å²) >= 11 is 0. The molecule has 0 N–H and O–H groups in total. The Morgan fingerprint density at radius 1 is 1.24 bits per heavy atom. The summed E-state index contributed by atoms with van der Waals surface area (Å²) in [6.45, 7) is 13.6. The van der Waals surface area contributed by atoms with E-state index in [1.807, 2.05) is 0 Å². The molecule has 21 heavy (non-hydrogen) atoms. The Kier molecular flexibility index (Phi) is 4.81. The van der Waals surface area contributed by atoms with Gasteiger partial charge in [-0.15, -0.1) is 0 Å². The van der Waals surface area contributed by atoms with Gasteiger partial charge in [0.1, 0.15) is 5.75 Å². The first-order chi connectivity index (χ1) is 9.74. The van der Waals surface area contributed by atoms with E-state index in [-0.39, 0.29) is 5.04 Å².